The van der Waals surface area contributed by atoms with Crippen molar-refractivity contribution in [3.8, 4) is 17.5 Å². The summed E-state index contributed by atoms with van der Waals surface area (Å²) in [6, 6.07) is 13.9. The minimum atomic E-state index is 0.273. The minimum absolute atomic E-state index is 0.273. The molecule has 3 aromatic heterocycles. The number of H-pyrrole nitrogens is 1. The van der Waals surface area contributed by atoms with Gasteiger partial charge in [-0.3, -0.25) is 10.1 Å². The summed E-state index contributed by atoms with van der Waals surface area (Å²) in [4.78, 5) is 13.5. The molecular weight excluding hydrogens is 376 g/mol. The molecule has 8 nitrogen and oxygen atoms in total. The van der Waals surface area contributed by atoms with Gasteiger partial charge in [-0.1, -0.05) is 18.6 Å². The molecule has 0 amide bonds. The summed E-state index contributed by atoms with van der Waals surface area (Å²) in [6.45, 7) is 0.799. The lowest BCUT2D eigenvalue weighted by molar-refractivity contribution is 0.687. The van der Waals surface area contributed by atoms with Crippen LogP contribution >= 0.6 is 0 Å². The molecule has 4 rings (SSSR count). The number of hydrogen-bond acceptors (Lipinski definition) is 7. The molecule has 0 fully saturated rings. The monoisotopic (exact) mass is 398 g/mol. The Balaban J connectivity index is 1.38. The smallest absolute Gasteiger partial charge is 0.163 e. The average Bonchev–Trinajstić information content (AvgIpc) is 3.15. The molecule has 0 radical (unpaired) electrons. The third-order valence-corrected chi connectivity index (χ3v) is 4.92. The SMILES string of the molecule is N#Cc1c(N)n[nH]c1CCCCCNc1nc(-c2ccncc2)nc2ccccc12. The van der Waals surface area contributed by atoms with E-state index in [9.17, 15) is 0 Å². The van der Waals surface area contributed by atoms with E-state index >= 15 is 0 Å². The van der Waals surface area contributed by atoms with Gasteiger partial charge in [0.25, 0.3) is 0 Å². The van der Waals surface area contributed by atoms with Gasteiger partial charge in [-0.25, -0.2) is 9.97 Å². The third-order valence-electron chi connectivity index (χ3n) is 4.92. The van der Waals surface area contributed by atoms with Gasteiger partial charge in [0, 0.05) is 29.9 Å². The topological polar surface area (TPSA) is 129 Å². The zero-order chi connectivity index (χ0) is 20.8. The van der Waals surface area contributed by atoms with Crippen molar-refractivity contribution in [2.45, 2.75) is 25.7 Å². The highest BCUT2D eigenvalue weighted by atomic mass is 15.2. The number of nitrogens with two attached hydrogens (primary N) is 1. The number of aryl methyl sites for hydroxylation is 1. The van der Waals surface area contributed by atoms with Crippen LogP contribution in [0.25, 0.3) is 22.3 Å². The number of aromatic amines is 1. The van der Waals surface area contributed by atoms with Gasteiger partial charge in [-0.15, -0.1) is 0 Å². The molecule has 0 spiro atoms. The summed E-state index contributed by atoms with van der Waals surface area (Å²) in [6.07, 6.45) is 7.18. The fourth-order valence-corrected chi connectivity index (χ4v) is 3.35. The highest BCUT2D eigenvalue weighted by molar-refractivity contribution is 5.90. The van der Waals surface area contributed by atoms with Gasteiger partial charge in [0.1, 0.15) is 17.5 Å². The normalized spacial score (nSPS) is 10.8. The van der Waals surface area contributed by atoms with E-state index in [1.54, 1.807) is 12.4 Å². The Kier molecular flexibility index (Phi) is 5.80. The number of nitrogens with zero attached hydrogens (tertiary/aromatic N) is 5. The van der Waals surface area contributed by atoms with E-state index < -0.39 is 0 Å². The van der Waals surface area contributed by atoms with Crippen molar-refractivity contribution in [1.82, 2.24) is 25.1 Å². The number of nitriles is 1. The fourth-order valence-electron chi connectivity index (χ4n) is 3.35. The highest BCUT2D eigenvalue weighted by Crippen LogP contribution is 2.24. The van der Waals surface area contributed by atoms with E-state index in [0.717, 1.165) is 60.2 Å². The molecule has 8 heteroatoms. The van der Waals surface area contributed by atoms with Crippen molar-refractivity contribution in [2.24, 2.45) is 0 Å². The number of unbranched alkanes of at least 4 members (excludes halogenated alkanes) is 2. The first-order valence-corrected chi connectivity index (χ1v) is 9.90. The first-order chi connectivity index (χ1) is 14.8. The fraction of sp³-hybridized carbons (Fsp3) is 0.227. The van der Waals surface area contributed by atoms with Crippen LogP contribution in [0.3, 0.4) is 0 Å². The number of para-hydroxylation sites is 1. The van der Waals surface area contributed by atoms with E-state index in [4.69, 9.17) is 21.0 Å². The molecule has 0 unspecified atom stereocenters. The molecular formula is C22H22N8. The van der Waals surface area contributed by atoms with Gasteiger partial charge in [0.15, 0.2) is 11.6 Å². The maximum atomic E-state index is 9.13. The van der Waals surface area contributed by atoms with Crippen molar-refractivity contribution >= 4 is 22.5 Å². The Bertz CT molecular complexity index is 1180. The molecule has 4 aromatic rings. The van der Waals surface area contributed by atoms with Crippen molar-refractivity contribution in [3.05, 3.63) is 60.0 Å². The second-order valence-electron chi connectivity index (χ2n) is 6.96. The van der Waals surface area contributed by atoms with E-state index in [1.165, 1.54) is 0 Å². The van der Waals surface area contributed by atoms with Gasteiger partial charge in [0.2, 0.25) is 0 Å². The molecule has 0 atom stereocenters. The lowest BCUT2D eigenvalue weighted by Crippen LogP contribution is -2.06. The Labute approximate surface area is 174 Å². The maximum Gasteiger partial charge on any atom is 0.163 e. The Morgan fingerprint density at radius 3 is 2.70 bits per heavy atom. The Hall–Kier alpha value is -3.99. The predicted molar refractivity (Wildman–Crippen MR) is 117 cm³/mol. The summed E-state index contributed by atoms with van der Waals surface area (Å²) in [5.74, 6) is 1.79. The second-order valence-corrected chi connectivity index (χ2v) is 6.96. The van der Waals surface area contributed by atoms with Crippen molar-refractivity contribution < 1.29 is 0 Å². The molecule has 0 aliphatic heterocycles. The molecule has 0 aliphatic rings. The van der Waals surface area contributed by atoms with Gasteiger partial charge in [-0.05, 0) is 43.5 Å². The number of fused-ring (bicyclic) bond motifs is 1. The van der Waals surface area contributed by atoms with Crippen LogP contribution < -0.4 is 11.1 Å². The summed E-state index contributed by atoms with van der Waals surface area (Å²) in [5, 5.41) is 20.3. The highest BCUT2D eigenvalue weighted by Gasteiger charge is 2.10. The Morgan fingerprint density at radius 2 is 1.87 bits per heavy atom. The van der Waals surface area contributed by atoms with Gasteiger partial charge < -0.3 is 11.1 Å². The molecule has 150 valence electrons. The molecule has 3 heterocycles. The maximum absolute atomic E-state index is 9.13. The number of nitrogen functional groups attached to an aromatic ring is 1. The number of anilines is 2. The average molecular weight is 398 g/mol. The largest absolute Gasteiger partial charge is 0.381 e. The van der Waals surface area contributed by atoms with Gasteiger partial charge >= 0.3 is 0 Å². The van der Waals surface area contributed by atoms with Gasteiger partial charge in [-0.2, -0.15) is 10.4 Å². The van der Waals surface area contributed by atoms with Crippen molar-refractivity contribution in [1.29, 1.82) is 5.26 Å². The van der Waals surface area contributed by atoms with Crippen molar-refractivity contribution in [3.63, 3.8) is 0 Å². The summed E-state index contributed by atoms with van der Waals surface area (Å²) in [5.41, 5.74) is 8.79. The number of benzene rings is 1. The number of aromatic nitrogens is 5. The first kappa shape index (κ1) is 19.3. The van der Waals surface area contributed by atoms with Crippen LogP contribution in [0, 0.1) is 11.3 Å². The van der Waals surface area contributed by atoms with E-state index in [1.807, 2.05) is 36.4 Å². The molecule has 0 saturated heterocycles. The van der Waals surface area contributed by atoms with Crippen LogP contribution in [-0.2, 0) is 6.42 Å². The van der Waals surface area contributed by atoms with Crippen LogP contribution in [0.2, 0.25) is 0 Å². The van der Waals surface area contributed by atoms with Crippen LogP contribution in [0.1, 0.15) is 30.5 Å². The number of nitrogens with one attached hydrogen (secondary N) is 2. The molecule has 0 bridgehead atoms. The van der Waals surface area contributed by atoms with Crippen LogP contribution in [0.5, 0.6) is 0 Å². The quantitative estimate of drug-likeness (QED) is 0.386. The lowest BCUT2D eigenvalue weighted by atomic mass is 10.1. The summed E-state index contributed by atoms with van der Waals surface area (Å²) in [7, 11) is 0. The number of pyridine rings is 1. The Morgan fingerprint density at radius 1 is 1.03 bits per heavy atom. The van der Waals surface area contributed by atoms with Crippen LogP contribution in [0.4, 0.5) is 11.6 Å². The molecule has 4 N–H and O–H groups in total. The minimum Gasteiger partial charge on any atom is -0.381 e. The first-order valence-electron chi connectivity index (χ1n) is 9.90. The predicted octanol–water partition coefficient (Wildman–Crippen LogP) is 3.69. The number of hydrogen-bond donors (Lipinski definition) is 3. The zero-order valence-electron chi connectivity index (χ0n) is 16.5. The summed E-state index contributed by atoms with van der Waals surface area (Å²) < 4.78 is 0. The zero-order valence-corrected chi connectivity index (χ0v) is 16.5. The molecule has 0 saturated carbocycles. The second kappa shape index (κ2) is 9.01. The number of rotatable bonds is 8. The third kappa shape index (κ3) is 4.20. The van der Waals surface area contributed by atoms with E-state index in [2.05, 4.69) is 26.6 Å². The molecule has 30 heavy (non-hydrogen) atoms. The lowest BCUT2D eigenvalue weighted by Gasteiger charge is -2.11. The van der Waals surface area contributed by atoms with Gasteiger partial charge in [0.05, 0.1) is 11.2 Å². The molecule has 0 aliphatic carbocycles. The summed E-state index contributed by atoms with van der Waals surface area (Å²) >= 11 is 0. The van der Waals surface area contributed by atoms with Crippen LogP contribution in [0.15, 0.2) is 48.8 Å². The molecule has 1 aromatic carbocycles. The van der Waals surface area contributed by atoms with Crippen LogP contribution in [-0.4, -0.2) is 31.7 Å². The van der Waals surface area contributed by atoms with Crippen molar-refractivity contribution in [2.75, 3.05) is 17.6 Å². The standard InChI is InChI=1S/C22H22N8/c23-14-17-19(29-30-20(17)24)8-2-1-5-11-26-22-16-6-3-4-7-18(16)27-21(28-22)15-9-12-25-13-10-15/h3-4,6-7,9-10,12-13H,1-2,5,8,11H2,(H3,24,29,30)(H,26,27,28). The van der Waals surface area contributed by atoms with E-state index in [-0.39, 0.29) is 5.82 Å². The van der Waals surface area contributed by atoms with E-state index in [0.29, 0.717) is 11.4 Å².